The van der Waals surface area contributed by atoms with Gasteiger partial charge in [0, 0.05) is 16.5 Å². The third kappa shape index (κ3) is 4.29. The second-order valence-corrected chi connectivity index (χ2v) is 9.19. The zero-order valence-electron chi connectivity index (χ0n) is 19.3. The summed E-state index contributed by atoms with van der Waals surface area (Å²) >= 11 is 0. The van der Waals surface area contributed by atoms with E-state index in [1.54, 1.807) is 25.1 Å². The summed E-state index contributed by atoms with van der Waals surface area (Å²) in [6.45, 7) is 7.24. The van der Waals surface area contributed by atoms with Gasteiger partial charge in [0.2, 0.25) is 0 Å². The molecule has 34 heavy (non-hydrogen) atoms. The molecule has 0 bridgehead atoms. The van der Waals surface area contributed by atoms with E-state index in [4.69, 9.17) is 10.2 Å². The maximum atomic E-state index is 14.5. The molecule has 0 aliphatic rings. The van der Waals surface area contributed by atoms with Crippen molar-refractivity contribution >= 4 is 22.8 Å². The van der Waals surface area contributed by atoms with Crippen LogP contribution in [0.3, 0.4) is 0 Å². The normalized spacial score (nSPS) is 11.6. The van der Waals surface area contributed by atoms with Crippen LogP contribution in [0, 0.1) is 18.6 Å². The van der Waals surface area contributed by atoms with Crippen LogP contribution in [0.4, 0.5) is 8.78 Å². The van der Waals surface area contributed by atoms with Gasteiger partial charge >= 0.3 is 0 Å². The van der Waals surface area contributed by atoms with Gasteiger partial charge in [-0.1, -0.05) is 12.1 Å². The smallest absolute Gasteiger partial charge is 0.254 e. The lowest BCUT2D eigenvalue weighted by atomic mass is 9.93. The average Bonchev–Trinajstić information content (AvgIpc) is 3.15. The van der Waals surface area contributed by atoms with Gasteiger partial charge in [-0.25, -0.2) is 8.78 Å². The Morgan fingerprint density at radius 1 is 0.941 bits per heavy atom. The molecule has 0 atom stereocenters. The van der Waals surface area contributed by atoms with Crippen molar-refractivity contribution in [2.75, 3.05) is 0 Å². The number of rotatable bonds is 4. The number of nitrogens with two attached hydrogens (primary N) is 1. The van der Waals surface area contributed by atoms with E-state index in [9.17, 15) is 18.4 Å². The molecular formula is C27H24F2N2O3. The Morgan fingerprint density at radius 3 is 2.21 bits per heavy atom. The molecule has 4 rings (SSSR count). The summed E-state index contributed by atoms with van der Waals surface area (Å²) in [5.74, 6) is -2.02. The van der Waals surface area contributed by atoms with Crippen LogP contribution >= 0.6 is 0 Å². The summed E-state index contributed by atoms with van der Waals surface area (Å²) in [6.07, 6.45) is 0. The number of carbonyl (C=O) groups excluding carboxylic acids is 2. The van der Waals surface area contributed by atoms with E-state index in [1.807, 2.05) is 20.8 Å². The van der Waals surface area contributed by atoms with E-state index in [0.29, 0.717) is 33.2 Å². The lowest BCUT2D eigenvalue weighted by Crippen LogP contribution is -2.40. The third-order valence-corrected chi connectivity index (χ3v) is 5.48. The van der Waals surface area contributed by atoms with Crippen LogP contribution in [0.25, 0.3) is 33.4 Å². The minimum atomic E-state index is -0.692. The van der Waals surface area contributed by atoms with Gasteiger partial charge in [-0.3, -0.25) is 9.59 Å². The first-order valence-electron chi connectivity index (χ1n) is 10.7. The SMILES string of the molecule is Cc1c(-c2ccc(F)c(C(=O)NC(C)(C)C)c2)ccc2oc(-c3ccc(F)cc3)c(C(N)=O)c12. The van der Waals surface area contributed by atoms with Gasteiger partial charge < -0.3 is 15.5 Å². The largest absolute Gasteiger partial charge is 0.455 e. The summed E-state index contributed by atoms with van der Waals surface area (Å²) in [7, 11) is 0. The lowest BCUT2D eigenvalue weighted by Gasteiger charge is -2.21. The average molecular weight is 462 g/mol. The molecule has 7 heteroatoms. The topological polar surface area (TPSA) is 85.3 Å². The molecule has 0 spiro atoms. The molecule has 0 fully saturated rings. The molecule has 0 saturated heterocycles. The van der Waals surface area contributed by atoms with Gasteiger partial charge in [-0.15, -0.1) is 0 Å². The Balaban J connectivity index is 1.89. The van der Waals surface area contributed by atoms with Crippen LogP contribution < -0.4 is 11.1 Å². The van der Waals surface area contributed by atoms with E-state index in [-0.39, 0.29) is 16.9 Å². The van der Waals surface area contributed by atoms with Crippen LogP contribution in [0.1, 0.15) is 47.1 Å². The van der Waals surface area contributed by atoms with Crippen LogP contribution in [0.5, 0.6) is 0 Å². The molecule has 3 aromatic carbocycles. The summed E-state index contributed by atoms with van der Waals surface area (Å²) < 4.78 is 33.8. The zero-order valence-corrected chi connectivity index (χ0v) is 19.3. The van der Waals surface area contributed by atoms with E-state index in [2.05, 4.69) is 5.32 Å². The summed E-state index contributed by atoms with van der Waals surface area (Å²) in [6, 6.07) is 13.3. The van der Waals surface area contributed by atoms with E-state index in [1.165, 1.54) is 36.4 Å². The molecule has 3 N–H and O–H groups in total. The fraction of sp³-hybridized carbons (Fsp3) is 0.185. The van der Waals surface area contributed by atoms with Crippen molar-refractivity contribution in [3.8, 4) is 22.5 Å². The number of primary amides is 1. The summed E-state index contributed by atoms with van der Waals surface area (Å²) in [4.78, 5) is 25.1. The van der Waals surface area contributed by atoms with E-state index in [0.717, 1.165) is 0 Å². The number of amides is 2. The molecular weight excluding hydrogens is 438 g/mol. The van der Waals surface area contributed by atoms with Crippen molar-refractivity contribution in [2.45, 2.75) is 33.2 Å². The predicted molar refractivity (Wildman–Crippen MR) is 127 cm³/mol. The molecule has 0 aliphatic heterocycles. The zero-order chi connectivity index (χ0) is 24.8. The number of halogens is 2. The first-order chi connectivity index (χ1) is 16.0. The Kier molecular flexibility index (Phi) is 5.73. The molecule has 0 unspecified atom stereocenters. The van der Waals surface area contributed by atoms with Gasteiger partial charge in [0.05, 0.1) is 11.1 Å². The van der Waals surface area contributed by atoms with E-state index < -0.39 is 29.0 Å². The summed E-state index contributed by atoms with van der Waals surface area (Å²) in [5, 5.41) is 3.28. The predicted octanol–water partition coefficient (Wildman–Crippen LogP) is 5.98. The summed E-state index contributed by atoms with van der Waals surface area (Å²) in [5.41, 5.74) is 8.18. The van der Waals surface area contributed by atoms with Crippen LogP contribution in [0.2, 0.25) is 0 Å². The first-order valence-corrected chi connectivity index (χ1v) is 10.7. The molecule has 0 saturated carbocycles. The number of carbonyl (C=O) groups is 2. The van der Waals surface area contributed by atoms with Crippen molar-refractivity contribution in [2.24, 2.45) is 5.73 Å². The second-order valence-electron chi connectivity index (χ2n) is 9.19. The fourth-order valence-corrected chi connectivity index (χ4v) is 3.98. The van der Waals surface area contributed by atoms with Gasteiger partial charge in [0.1, 0.15) is 23.0 Å². The molecule has 1 heterocycles. The highest BCUT2D eigenvalue weighted by Gasteiger charge is 2.24. The van der Waals surface area contributed by atoms with Crippen molar-refractivity contribution in [1.82, 2.24) is 5.32 Å². The molecule has 1 aromatic heterocycles. The molecule has 4 aromatic rings. The van der Waals surface area contributed by atoms with Crippen LogP contribution in [-0.4, -0.2) is 17.4 Å². The monoisotopic (exact) mass is 462 g/mol. The number of nitrogens with one attached hydrogen (secondary N) is 1. The first kappa shape index (κ1) is 23.2. The maximum Gasteiger partial charge on any atom is 0.254 e. The maximum absolute atomic E-state index is 14.5. The third-order valence-electron chi connectivity index (χ3n) is 5.48. The number of hydrogen-bond acceptors (Lipinski definition) is 3. The van der Waals surface area contributed by atoms with Gasteiger partial charge in [0.25, 0.3) is 11.8 Å². The fourth-order valence-electron chi connectivity index (χ4n) is 3.98. The Bertz CT molecular complexity index is 1430. The number of furan rings is 1. The Hall–Kier alpha value is -4.00. The molecule has 174 valence electrons. The molecule has 2 amide bonds. The van der Waals surface area contributed by atoms with Crippen LogP contribution in [-0.2, 0) is 0 Å². The lowest BCUT2D eigenvalue weighted by molar-refractivity contribution is 0.0914. The van der Waals surface area contributed by atoms with Gasteiger partial charge in [-0.05, 0) is 86.8 Å². The molecule has 0 radical (unpaired) electrons. The quantitative estimate of drug-likeness (QED) is 0.391. The van der Waals surface area contributed by atoms with Crippen LogP contribution in [0.15, 0.2) is 59.0 Å². The minimum Gasteiger partial charge on any atom is -0.455 e. The molecule has 0 aliphatic carbocycles. The highest BCUT2D eigenvalue weighted by atomic mass is 19.1. The number of aryl methyl sites for hydroxylation is 1. The van der Waals surface area contributed by atoms with Crippen molar-refractivity contribution in [3.63, 3.8) is 0 Å². The minimum absolute atomic E-state index is 0.0822. The number of fused-ring (bicyclic) bond motifs is 1. The highest BCUT2D eigenvalue weighted by molar-refractivity contribution is 6.12. The Labute approximate surface area is 195 Å². The van der Waals surface area contributed by atoms with Gasteiger partial charge in [0.15, 0.2) is 0 Å². The number of benzene rings is 3. The number of hydrogen-bond donors (Lipinski definition) is 2. The second kappa shape index (κ2) is 8.41. The van der Waals surface area contributed by atoms with Crippen molar-refractivity contribution in [1.29, 1.82) is 0 Å². The highest BCUT2D eigenvalue weighted by Crippen LogP contribution is 2.39. The van der Waals surface area contributed by atoms with Crippen molar-refractivity contribution in [3.05, 3.63) is 82.9 Å². The van der Waals surface area contributed by atoms with Crippen molar-refractivity contribution < 1.29 is 22.8 Å². The van der Waals surface area contributed by atoms with E-state index >= 15 is 0 Å². The molecule has 5 nitrogen and oxygen atoms in total. The Morgan fingerprint density at radius 2 is 1.59 bits per heavy atom. The standard InChI is InChI=1S/C27H24F2N2O3/c1-14-18(16-7-11-20(29)19(13-16)26(33)31-27(2,3)4)10-12-21-22(14)23(25(30)32)24(34-21)15-5-8-17(28)9-6-15/h5-13H,1-4H3,(H2,30,32)(H,31,33). The van der Waals surface area contributed by atoms with Gasteiger partial charge in [-0.2, -0.15) is 0 Å².